The molecule has 0 unspecified atom stereocenters. The number of pyridine rings is 2. The molecule has 1 aromatic carbocycles. The summed E-state index contributed by atoms with van der Waals surface area (Å²) in [6, 6.07) is 7.01. The number of halogens is 5. The van der Waals surface area contributed by atoms with E-state index in [2.05, 4.69) is 11.6 Å². The maximum atomic E-state index is 14.4. The molecule has 0 bridgehead atoms. The number of nitriles is 1. The van der Waals surface area contributed by atoms with Gasteiger partial charge in [0.15, 0.2) is 20.6 Å². The van der Waals surface area contributed by atoms with Gasteiger partial charge in [-0.1, -0.05) is 12.6 Å². The van der Waals surface area contributed by atoms with Crippen LogP contribution in [0.2, 0.25) is 0 Å². The molecule has 7 nitrogen and oxygen atoms in total. The zero-order valence-corrected chi connectivity index (χ0v) is 21.6. The molecule has 3 aromatic heterocycles. The number of hydrogen-bond acceptors (Lipinski definition) is 6. The van der Waals surface area contributed by atoms with Crippen LogP contribution in [0.25, 0.3) is 28.2 Å². The Labute approximate surface area is 224 Å². The van der Waals surface area contributed by atoms with E-state index in [9.17, 15) is 40.4 Å². The van der Waals surface area contributed by atoms with Crippen LogP contribution in [-0.2, 0) is 22.6 Å². The van der Waals surface area contributed by atoms with Crippen LogP contribution >= 0.6 is 0 Å². The van der Waals surface area contributed by atoms with Crippen molar-refractivity contribution in [2.75, 3.05) is 6.26 Å². The fraction of sp³-hybridized carbons (Fsp3) is 0.148. The van der Waals surface area contributed by atoms with E-state index in [1.54, 1.807) is 6.92 Å². The Morgan fingerprint density at radius 3 is 2.42 bits per heavy atom. The van der Waals surface area contributed by atoms with Crippen LogP contribution in [0.1, 0.15) is 29.2 Å². The van der Waals surface area contributed by atoms with Crippen LogP contribution in [0, 0.1) is 23.0 Å². The molecule has 0 spiro atoms. The predicted molar refractivity (Wildman–Crippen MR) is 135 cm³/mol. The number of alkyl halides is 3. The molecular formula is C27H18F5N3O4S. The Balaban J connectivity index is 1.93. The molecule has 3 heterocycles. The number of allylic oxidation sites excluding steroid dienone is 1. The summed E-state index contributed by atoms with van der Waals surface area (Å²) in [7, 11) is -3.71. The number of furan rings is 1. The van der Waals surface area contributed by atoms with Gasteiger partial charge in [-0.25, -0.2) is 22.2 Å². The summed E-state index contributed by atoms with van der Waals surface area (Å²) in [5.41, 5.74) is -3.58. The smallest absolute Gasteiger partial charge is 0.417 e. The summed E-state index contributed by atoms with van der Waals surface area (Å²) in [6.45, 7) is 4.68. The molecule has 206 valence electrons. The molecule has 0 atom stereocenters. The average molecular weight is 576 g/mol. The number of rotatable bonds is 6. The van der Waals surface area contributed by atoms with Gasteiger partial charge in [-0.2, -0.15) is 18.4 Å². The maximum Gasteiger partial charge on any atom is 0.417 e. The highest BCUT2D eigenvalue weighted by Gasteiger charge is 2.37. The Morgan fingerprint density at radius 2 is 1.85 bits per heavy atom. The van der Waals surface area contributed by atoms with Crippen molar-refractivity contribution in [3.05, 3.63) is 99.7 Å². The molecule has 0 aliphatic rings. The van der Waals surface area contributed by atoms with Gasteiger partial charge in [-0.3, -0.25) is 9.36 Å². The lowest BCUT2D eigenvalue weighted by atomic mass is 10.0. The molecule has 0 aliphatic carbocycles. The minimum atomic E-state index is -5.09. The third kappa shape index (κ3) is 5.43. The number of aromatic nitrogens is 2. The average Bonchev–Trinajstić information content (AvgIpc) is 3.35. The molecule has 0 saturated carbocycles. The number of sulfone groups is 1. The largest absolute Gasteiger partial charge is 0.462 e. The zero-order valence-electron chi connectivity index (χ0n) is 20.8. The summed E-state index contributed by atoms with van der Waals surface area (Å²) in [4.78, 5) is 17.1. The molecule has 13 heteroatoms. The van der Waals surface area contributed by atoms with E-state index >= 15 is 0 Å². The predicted octanol–water partition coefficient (Wildman–Crippen LogP) is 5.82. The maximum absolute atomic E-state index is 14.4. The summed E-state index contributed by atoms with van der Waals surface area (Å²) in [5, 5.41) is 9.12. The molecule has 4 rings (SSSR count). The van der Waals surface area contributed by atoms with E-state index in [0.717, 1.165) is 29.2 Å². The second-order valence-electron chi connectivity index (χ2n) is 8.88. The van der Waals surface area contributed by atoms with E-state index in [0.29, 0.717) is 23.3 Å². The fourth-order valence-corrected chi connectivity index (χ4v) is 4.87. The van der Waals surface area contributed by atoms with Crippen LogP contribution in [0.15, 0.2) is 69.7 Å². The highest BCUT2D eigenvalue weighted by Crippen LogP contribution is 2.36. The quantitative estimate of drug-likeness (QED) is 0.268. The Hall–Kier alpha value is -4.57. The first-order chi connectivity index (χ1) is 18.6. The van der Waals surface area contributed by atoms with Crippen molar-refractivity contribution < 1.29 is 34.8 Å². The first kappa shape index (κ1) is 28.4. The minimum Gasteiger partial charge on any atom is -0.462 e. The van der Waals surface area contributed by atoms with Gasteiger partial charge in [0, 0.05) is 40.8 Å². The molecule has 0 amide bonds. The van der Waals surface area contributed by atoms with E-state index in [4.69, 9.17) is 4.42 Å². The lowest BCUT2D eigenvalue weighted by Crippen LogP contribution is -2.29. The van der Waals surface area contributed by atoms with Crippen molar-refractivity contribution in [1.82, 2.24) is 9.55 Å². The molecule has 0 aliphatic heterocycles. The minimum absolute atomic E-state index is 0.212. The third-order valence-electron chi connectivity index (χ3n) is 5.91. The number of benzene rings is 1. The van der Waals surface area contributed by atoms with Gasteiger partial charge in [0.25, 0.3) is 5.56 Å². The van der Waals surface area contributed by atoms with Gasteiger partial charge in [0.05, 0.1) is 24.1 Å². The number of nitrogens with zero attached hydrogens (tertiary/aromatic N) is 3. The number of hydrogen-bond donors (Lipinski definition) is 0. The summed E-state index contributed by atoms with van der Waals surface area (Å²) >= 11 is 0. The van der Waals surface area contributed by atoms with Crippen LogP contribution in [-0.4, -0.2) is 24.2 Å². The van der Waals surface area contributed by atoms with E-state index in [1.807, 2.05) is 0 Å². The van der Waals surface area contributed by atoms with Gasteiger partial charge in [0.1, 0.15) is 23.3 Å². The van der Waals surface area contributed by atoms with Gasteiger partial charge < -0.3 is 4.42 Å². The van der Waals surface area contributed by atoms with Crippen LogP contribution in [0.3, 0.4) is 0 Å². The van der Waals surface area contributed by atoms with Crippen LogP contribution in [0.5, 0.6) is 0 Å². The lowest BCUT2D eigenvalue weighted by molar-refractivity contribution is -0.137. The molecule has 0 fully saturated rings. The second-order valence-corrected chi connectivity index (χ2v) is 10.8. The SMILES string of the molecule is C=C(C)c1cc(-c2coc(-c3cc(C(F)(F)F)c(C#N)c(=O)n3Cc3ccc(F)cc3F)c2)cnc1S(C)(=O)=O. The topological polar surface area (TPSA) is 106 Å². The molecule has 0 N–H and O–H groups in total. The molecule has 0 radical (unpaired) electrons. The van der Waals surface area contributed by atoms with Gasteiger partial charge >= 0.3 is 6.18 Å². The highest BCUT2D eigenvalue weighted by molar-refractivity contribution is 7.90. The van der Waals surface area contributed by atoms with E-state index in [1.165, 1.54) is 24.4 Å². The standard InChI is InChI=1S/C27H18F5N3O4S/c1-14(2)19-6-16(11-34-25(19)40(3,37)38)17-7-24(39-13-17)23-9-21(27(30,31)32)20(10-33)26(36)35(23)12-15-4-5-18(28)8-22(15)29/h4-9,11,13H,1,12H2,2-3H3. The van der Waals surface area contributed by atoms with Gasteiger partial charge in [-0.05, 0) is 36.8 Å². The normalized spacial score (nSPS) is 11.8. The second kappa shape index (κ2) is 10.2. The third-order valence-corrected chi connectivity index (χ3v) is 6.94. The van der Waals surface area contributed by atoms with Crippen molar-refractivity contribution in [2.24, 2.45) is 0 Å². The fourth-order valence-electron chi connectivity index (χ4n) is 3.99. The molecule has 40 heavy (non-hydrogen) atoms. The zero-order chi connectivity index (χ0) is 29.6. The van der Waals surface area contributed by atoms with Gasteiger partial charge in [0.2, 0.25) is 0 Å². The van der Waals surface area contributed by atoms with Gasteiger partial charge in [-0.15, -0.1) is 0 Å². The molecular weight excluding hydrogens is 557 g/mol. The molecule has 0 saturated heterocycles. The lowest BCUT2D eigenvalue weighted by Gasteiger charge is -2.16. The highest BCUT2D eigenvalue weighted by atomic mass is 32.2. The Kier molecular flexibility index (Phi) is 7.25. The summed E-state index contributed by atoms with van der Waals surface area (Å²) in [6.07, 6.45) is -1.74. The summed E-state index contributed by atoms with van der Waals surface area (Å²) in [5.74, 6) is -2.21. The van der Waals surface area contributed by atoms with Crippen LogP contribution < -0.4 is 5.56 Å². The van der Waals surface area contributed by atoms with Crippen LogP contribution in [0.4, 0.5) is 22.0 Å². The summed E-state index contributed by atoms with van der Waals surface area (Å²) < 4.78 is 99.7. The van der Waals surface area contributed by atoms with Crippen molar-refractivity contribution >= 4 is 15.4 Å². The van der Waals surface area contributed by atoms with Crippen molar-refractivity contribution in [1.29, 1.82) is 5.26 Å². The van der Waals surface area contributed by atoms with E-state index < -0.39 is 56.6 Å². The first-order valence-electron chi connectivity index (χ1n) is 11.3. The Bertz CT molecular complexity index is 1880. The monoisotopic (exact) mass is 575 g/mol. The van der Waals surface area contributed by atoms with Crippen molar-refractivity contribution in [3.8, 4) is 28.7 Å². The van der Waals surface area contributed by atoms with E-state index in [-0.39, 0.29) is 27.5 Å². The van der Waals surface area contributed by atoms with Crippen molar-refractivity contribution in [3.63, 3.8) is 0 Å². The van der Waals surface area contributed by atoms with Crippen molar-refractivity contribution in [2.45, 2.75) is 24.7 Å². The Morgan fingerprint density at radius 1 is 1.15 bits per heavy atom. The first-order valence-corrected chi connectivity index (χ1v) is 13.1. The molecule has 4 aromatic rings.